The minimum Gasteiger partial charge on any atom is -0.381 e. The van der Waals surface area contributed by atoms with Gasteiger partial charge in [0.15, 0.2) is 0 Å². The number of hydrogen-bond acceptors (Lipinski definition) is 6. The summed E-state index contributed by atoms with van der Waals surface area (Å²) in [5.74, 6) is 1.41. The largest absolute Gasteiger partial charge is 0.381 e. The summed E-state index contributed by atoms with van der Waals surface area (Å²) in [6.07, 6.45) is 9.32. The average molecular weight is 353 g/mol. The first kappa shape index (κ1) is 16.9. The Labute approximate surface area is 152 Å². The van der Waals surface area contributed by atoms with Crippen molar-refractivity contribution < 1.29 is 9.53 Å². The Balaban J connectivity index is 1.37. The summed E-state index contributed by atoms with van der Waals surface area (Å²) < 4.78 is 5.62. The van der Waals surface area contributed by atoms with Crippen LogP contribution < -0.4 is 5.32 Å². The Bertz CT molecular complexity index is 738. The van der Waals surface area contributed by atoms with E-state index in [4.69, 9.17) is 4.74 Å². The number of aromatic nitrogens is 3. The molecule has 136 valence electrons. The number of fused-ring (bicyclic) bond motifs is 2. The number of pyridine rings is 1. The van der Waals surface area contributed by atoms with Crippen LogP contribution in [0.5, 0.6) is 0 Å². The highest BCUT2D eigenvalue weighted by atomic mass is 16.5. The average Bonchev–Trinajstić information content (AvgIpc) is 2.94. The van der Waals surface area contributed by atoms with E-state index in [1.54, 1.807) is 31.9 Å². The van der Waals surface area contributed by atoms with Gasteiger partial charge in [-0.3, -0.25) is 9.78 Å². The van der Waals surface area contributed by atoms with Gasteiger partial charge in [-0.05, 0) is 24.5 Å². The maximum absolute atomic E-state index is 12.8. The third-order valence-corrected chi connectivity index (χ3v) is 5.38. The minimum atomic E-state index is 0.00950. The molecule has 2 bridgehead atoms. The van der Waals surface area contributed by atoms with E-state index >= 15 is 0 Å². The van der Waals surface area contributed by atoms with Gasteiger partial charge in [0.1, 0.15) is 0 Å². The molecule has 1 saturated carbocycles. The normalized spacial score (nSPS) is 24.5. The van der Waals surface area contributed by atoms with E-state index in [1.165, 1.54) is 0 Å². The van der Waals surface area contributed by atoms with Crippen molar-refractivity contribution in [2.24, 2.45) is 11.8 Å². The quantitative estimate of drug-likeness (QED) is 0.885. The molecule has 2 aromatic rings. The Morgan fingerprint density at radius 3 is 2.58 bits per heavy atom. The Kier molecular flexibility index (Phi) is 4.79. The molecule has 3 heterocycles. The van der Waals surface area contributed by atoms with Crippen molar-refractivity contribution in [3.8, 4) is 0 Å². The van der Waals surface area contributed by atoms with E-state index in [0.29, 0.717) is 36.0 Å². The van der Waals surface area contributed by atoms with Gasteiger partial charge in [0.2, 0.25) is 5.95 Å². The number of carbonyl (C=O) groups excluding carboxylic acids is 1. The van der Waals surface area contributed by atoms with Crippen LogP contribution in [0.15, 0.2) is 36.9 Å². The molecule has 1 saturated heterocycles. The van der Waals surface area contributed by atoms with Gasteiger partial charge in [0.05, 0.1) is 11.7 Å². The summed E-state index contributed by atoms with van der Waals surface area (Å²) in [6.45, 7) is 2.11. The lowest BCUT2D eigenvalue weighted by molar-refractivity contribution is -0.0113. The second-order valence-electron chi connectivity index (χ2n) is 7.02. The van der Waals surface area contributed by atoms with E-state index in [9.17, 15) is 4.79 Å². The fourth-order valence-electron chi connectivity index (χ4n) is 4.12. The monoisotopic (exact) mass is 353 g/mol. The summed E-state index contributed by atoms with van der Waals surface area (Å²) in [5.41, 5.74) is 1.58. The lowest BCUT2D eigenvalue weighted by Crippen LogP contribution is -2.48. The second-order valence-corrected chi connectivity index (χ2v) is 7.02. The first-order valence-electron chi connectivity index (χ1n) is 9.01. The summed E-state index contributed by atoms with van der Waals surface area (Å²) in [5, 5.41) is 3.14. The van der Waals surface area contributed by atoms with Crippen LogP contribution in [0.3, 0.4) is 0 Å². The third kappa shape index (κ3) is 3.39. The minimum absolute atomic E-state index is 0.00950. The molecule has 3 atom stereocenters. The molecule has 4 rings (SSSR count). The smallest absolute Gasteiger partial charge is 0.257 e. The number of anilines is 1. The lowest BCUT2D eigenvalue weighted by Gasteiger charge is -2.37. The highest BCUT2D eigenvalue weighted by molar-refractivity contribution is 5.93. The zero-order chi connectivity index (χ0) is 17.9. The molecule has 0 unspecified atom stereocenters. The van der Waals surface area contributed by atoms with Crippen molar-refractivity contribution in [2.45, 2.75) is 25.5 Å². The molecule has 1 N–H and O–H groups in total. The number of likely N-dealkylation sites (tertiary alicyclic amines) is 1. The molecule has 2 aliphatic rings. The summed E-state index contributed by atoms with van der Waals surface area (Å²) >= 11 is 0. The fraction of sp³-hybridized carbons (Fsp3) is 0.474. The molecule has 1 aliphatic carbocycles. The van der Waals surface area contributed by atoms with E-state index in [-0.39, 0.29) is 5.91 Å². The van der Waals surface area contributed by atoms with Gasteiger partial charge in [-0.2, -0.15) is 0 Å². The summed E-state index contributed by atoms with van der Waals surface area (Å²) in [6, 6.07) is 3.87. The molecule has 1 aliphatic heterocycles. The standard InChI is InChI=1S/C19H23N5O2/c1-26-17-14-4-5-15(17)12-24(11-14)18(25)16-9-22-19(23-10-16)21-8-13-3-2-6-20-7-13/h2-3,6-7,9-10,14-15,17H,4-5,8,11-12H2,1H3,(H,21,22,23)/t14-,15+,17-. The number of ether oxygens (including phenoxy) is 1. The van der Waals surface area contributed by atoms with Crippen molar-refractivity contribution in [2.75, 3.05) is 25.5 Å². The number of hydrogen-bond donors (Lipinski definition) is 1. The number of rotatable bonds is 5. The van der Waals surface area contributed by atoms with Gasteiger partial charge in [0, 0.05) is 63.4 Å². The Morgan fingerprint density at radius 2 is 1.96 bits per heavy atom. The maximum atomic E-state index is 12.8. The molecule has 0 radical (unpaired) electrons. The third-order valence-electron chi connectivity index (χ3n) is 5.38. The molecular weight excluding hydrogens is 330 g/mol. The zero-order valence-corrected chi connectivity index (χ0v) is 14.8. The van der Waals surface area contributed by atoms with Crippen molar-refractivity contribution >= 4 is 11.9 Å². The van der Waals surface area contributed by atoms with Crippen molar-refractivity contribution in [3.05, 3.63) is 48.0 Å². The van der Waals surface area contributed by atoms with Crippen LogP contribution in [0.4, 0.5) is 5.95 Å². The van der Waals surface area contributed by atoms with Crippen LogP contribution in [0.1, 0.15) is 28.8 Å². The molecule has 2 aromatic heterocycles. The first-order valence-corrected chi connectivity index (χ1v) is 9.01. The van der Waals surface area contributed by atoms with Gasteiger partial charge in [0.25, 0.3) is 5.91 Å². The van der Waals surface area contributed by atoms with Gasteiger partial charge < -0.3 is 15.0 Å². The Morgan fingerprint density at radius 1 is 1.23 bits per heavy atom. The molecule has 26 heavy (non-hydrogen) atoms. The predicted molar refractivity (Wildman–Crippen MR) is 96.5 cm³/mol. The highest BCUT2D eigenvalue weighted by Gasteiger charge is 2.43. The van der Waals surface area contributed by atoms with Gasteiger partial charge in [-0.15, -0.1) is 0 Å². The van der Waals surface area contributed by atoms with Crippen molar-refractivity contribution in [3.63, 3.8) is 0 Å². The van der Waals surface area contributed by atoms with Gasteiger partial charge >= 0.3 is 0 Å². The molecule has 7 nitrogen and oxygen atoms in total. The van der Waals surface area contributed by atoms with E-state index in [0.717, 1.165) is 31.5 Å². The SMILES string of the molecule is CO[C@@H]1[C@@H]2CC[C@H]1CN(C(=O)c1cnc(NCc3cccnc3)nc1)C2. The number of carbonyl (C=O) groups is 1. The van der Waals surface area contributed by atoms with Crippen molar-refractivity contribution in [1.29, 1.82) is 0 Å². The number of nitrogens with one attached hydrogen (secondary N) is 1. The zero-order valence-electron chi connectivity index (χ0n) is 14.8. The van der Waals surface area contributed by atoms with Crippen LogP contribution in [0.25, 0.3) is 0 Å². The molecule has 0 aromatic carbocycles. The molecule has 1 amide bonds. The van der Waals surface area contributed by atoms with E-state index in [2.05, 4.69) is 20.3 Å². The molecule has 0 spiro atoms. The maximum Gasteiger partial charge on any atom is 0.257 e. The number of methoxy groups -OCH3 is 1. The van der Waals surface area contributed by atoms with E-state index in [1.807, 2.05) is 17.0 Å². The van der Waals surface area contributed by atoms with Gasteiger partial charge in [-0.25, -0.2) is 9.97 Å². The fourth-order valence-corrected chi connectivity index (χ4v) is 4.12. The summed E-state index contributed by atoms with van der Waals surface area (Å²) in [4.78, 5) is 27.3. The second kappa shape index (κ2) is 7.37. The Hall–Kier alpha value is -2.54. The van der Waals surface area contributed by atoms with Crippen LogP contribution >= 0.6 is 0 Å². The molecular formula is C19H23N5O2. The molecule has 2 fully saturated rings. The number of nitrogens with zero attached hydrogens (tertiary/aromatic N) is 4. The summed E-state index contributed by atoms with van der Waals surface area (Å²) in [7, 11) is 1.78. The van der Waals surface area contributed by atoms with Crippen LogP contribution in [-0.4, -0.2) is 52.1 Å². The van der Waals surface area contributed by atoms with Crippen molar-refractivity contribution in [1.82, 2.24) is 19.9 Å². The number of amides is 1. The molecule has 7 heteroatoms. The van der Waals surface area contributed by atoms with E-state index < -0.39 is 0 Å². The van der Waals surface area contributed by atoms with Crippen LogP contribution in [0.2, 0.25) is 0 Å². The first-order chi connectivity index (χ1) is 12.7. The predicted octanol–water partition coefficient (Wildman–Crippen LogP) is 1.98. The van der Waals surface area contributed by atoms with Gasteiger partial charge in [-0.1, -0.05) is 6.07 Å². The highest BCUT2D eigenvalue weighted by Crippen LogP contribution is 2.38. The van der Waals surface area contributed by atoms with Crippen LogP contribution in [0, 0.1) is 11.8 Å². The van der Waals surface area contributed by atoms with Crippen LogP contribution in [-0.2, 0) is 11.3 Å². The number of piperidine rings is 1. The lowest BCUT2D eigenvalue weighted by atomic mass is 9.94. The topological polar surface area (TPSA) is 80.2 Å².